The fraction of sp³-hybridized carbons (Fsp3) is 0.150. The van der Waals surface area contributed by atoms with Crippen LogP contribution in [0.3, 0.4) is 0 Å². The molecule has 0 unspecified atom stereocenters. The summed E-state index contributed by atoms with van der Waals surface area (Å²) in [7, 11) is 1.51. The fourth-order valence-electron chi connectivity index (χ4n) is 2.93. The van der Waals surface area contributed by atoms with Gasteiger partial charge < -0.3 is 4.74 Å². The molecule has 8 nitrogen and oxygen atoms in total. The highest BCUT2D eigenvalue weighted by Gasteiger charge is 2.15. The summed E-state index contributed by atoms with van der Waals surface area (Å²) in [4.78, 5) is 17.1. The molecule has 2 aromatic heterocycles. The molecule has 0 atom stereocenters. The van der Waals surface area contributed by atoms with Crippen molar-refractivity contribution in [1.29, 1.82) is 0 Å². The van der Waals surface area contributed by atoms with Crippen LogP contribution in [0.25, 0.3) is 22.6 Å². The second kappa shape index (κ2) is 8.37. The van der Waals surface area contributed by atoms with Gasteiger partial charge in [0, 0.05) is 28.6 Å². The van der Waals surface area contributed by atoms with Gasteiger partial charge in [-0.3, -0.25) is 10.1 Å². The lowest BCUT2D eigenvalue weighted by Gasteiger charge is -2.06. The highest BCUT2D eigenvalue weighted by atomic mass is 32.1. The summed E-state index contributed by atoms with van der Waals surface area (Å²) >= 11 is 1.24. The molecule has 2 heterocycles. The van der Waals surface area contributed by atoms with Gasteiger partial charge in [0.05, 0.1) is 12.8 Å². The predicted molar refractivity (Wildman–Crippen MR) is 111 cm³/mol. The molecule has 152 valence electrons. The number of methoxy groups -OCH3 is 1. The van der Waals surface area contributed by atoms with Crippen molar-refractivity contribution in [3.8, 4) is 28.4 Å². The first-order chi connectivity index (χ1) is 14.6. The molecule has 0 bridgehead atoms. The number of ether oxygens (including phenoxy) is 1. The number of carbonyl (C=O) groups excluding carboxylic acids is 1. The number of aryl methyl sites for hydroxylation is 1. The van der Waals surface area contributed by atoms with E-state index in [0.717, 1.165) is 5.56 Å². The quantitative estimate of drug-likeness (QED) is 0.505. The minimum Gasteiger partial charge on any atom is -0.496 e. The van der Waals surface area contributed by atoms with Crippen molar-refractivity contribution in [2.45, 2.75) is 13.5 Å². The van der Waals surface area contributed by atoms with Crippen molar-refractivity contribution in [3.63, 3.8) is 0 Å². The van der Waals surface area contributed by atoms with Crippen LogP contribution in [-0.4, -0.2) is 38.2 Å². The van der Waals surface area contributed by atoms with E-state index >= 15 is 0 Å². The number of anilines is 1. The molecular weight excluding hydrogens is 407 g/mol. The molecule has 1 amide bonds. The Labute approximate surface area is 175 Å². The zero-order valence-electron chi connectivity index (χ0n) is 16.2. The van der Waals surface area contributed by atoms with Gasteiger partial charge in [-0.2, -0.15) is 0 Å². The smallest absolute Gasteiger partial charge is 0.257 e. The van der Waals surface area contributed by atoms with Crippen LogP contribution in [0, 0.1) is 5.82 Å². The highest BCUT2D eigenvalue weighted by molar-refractivity contribution is 7.14. The third-order valence-electron chi connectivity index (χ3n) is 4.38. The number of nitrogens with zero attached hydrogens (tertiary/aromatic N) is 5. The highest BCUT2D eigenvalue weighted by Crippen LogP contribution is 2.33. The van der Waals surface area contributed by atoms with E-state index in [1.54, 1.807) is 28.3 Å². The Balaban J connectivity index is 1.56. The zero-order chi connectivity index (χ0) is 21.1. The van der Waals surface area contributed by atoms with Crippen molar-refractivity contribution < 1.29 is 13.9 Å². The molecule has 0 saturated heterocycles. The maximum atomic E-state index is 13.7. The number of rotatable bonds is 6. The third kappa shape index (κ3) is 3.90. The Morgan fingerprint density at radius 2 is 2.13 bits per heavy atom. The number of carbonyl (C=O) groups is 1. The molecular formula is C20H17FN6O2S. The molecule has 0 radical (unpaired) electrons. The normalized spacial score (nSPS) is 10.8. The lowest BCUT2D eigenvalue weighted by molar-refractivity contribution is 0.102. The average Bonchev–Trinajstić information content (AvgIpc) is 3.43. The molecule has 4 rings (SSSR count). The molecule has 0 aliphatic rings. The molecule has 10 heteroatoms. The number of halogens is 1. The van der Waals surface area contributed by atoms with Gasteiger partial charge in [0.2, 0.25) is 0 Å². The maximum Gasteiger partial charge on any atom is 0.257 e. The first-order valence-electron chi connectivity index (χ1n) is 9.06. The molecule has 30 heavy (non-hydrogen) atoms. The van der Waals surface area contributed by atoms with Crippen LogP contribution in [0.15, 0.2) is 47.8 Å². The first-order valence-corrected chi connectivity index (χ1v) is 9.94. The minimum atomic E-state index is -0.393. The maximum absolute atomic E-state index is 13.7. The van der Waals surface area contributed by atoms with Gasteiger partial charge in [-0.1, -0.05) is 12.1 Å². The number of thiazole rings is 1. The fourth-order valence-corrected chi connectivity index (χ4v) is 3.63. The van der Waals surface area contributed by atoms with E-state index < -0.39 is 5.82 Å². The number of amides is 1. The van der Waals surface area contributed by atoms with Gasteiger partial charge in [-0.15, -0.1) is 16.4 Å². The van der Waals surface area contributed by atoms with E-state index in [1.165, 1.54) is 36.6 Å². The molecule has 2 aromatic carbocycles. The van der Waals surface area contributed by atoms with Crippen molar-refractivity contribution in [2.75, 3.05) is 12.4 Å². The molecule has 1 N–H and O–H groups in total. The Morgan fingerprint density at radius 3 is 2.93 bits per heavy atom. The summed E-state index contributed by atoms with van der Waals surface area (Å²) in [5.41, 5.74) is 2.21. The number of aromatic nitrogens is 5. The molecule has 0 fully saturated rings. The van der Waals surface area contributed by atoms with Crippen LogP contribution in [0.1, 0.15) is 17.3 Å². The molecule has 0 saturated carbocycles. The van der Waals surface area contributed by atoms with Gasteiger partial charge in [0.25, 0.3) is 5.91 Å². The summed E-state index contributed by atoms with van der Waals surface area (Å²) in [6, 6.07) is 11.2. The van der Waals surface area contributed by atoms with Gasteiger partial charge in [-0.05, 0) is 47.7 Å². The standard InChI is InChI=1S/C20H17FN6O2S/c1-3-27-18(24-25-26-27)12-5-4-6-13(9-12)19(28)23-20-22-16(11-30-20)15-10-14(21)7-8-17(15)29-2/h4-11H,3H2,1-2H3,(H,22,23,28). The number of hydrogen-bond acceptors (Lipinski definition) is 7. The van der Waals surface area contributed by atoms with Crippen molar-refractivity contribution in [1.82, 2.24) is 25.2 Å². The van der Waals surface area contributed by atoms with Crippen molar-refractivity contribution in [2.24, 2.45) is 0 Å². The molecule has 0 aliphatic carbocycles. The Bertz CT molecular complexity index is 1210. The Kier molecular flexibility index (Phi) is 5.48. The molecule has 0 spiro atoms. The number of hydrogen-bond donors (Lipinski definition) is 1. The number of tetrazole rings is 1. The Hall–Kier alpha value is -3.66. The second-order valence-electron chi connectivity index (χ2n) is 6.24. The predicted octanol–water partition coefficient (Wildman–Crippen LogP) is 3.88. The van der Waals surface area contributed by atoms with Crippen LogP contribution >= 0.6 is 11.3 Å². The first kappa shape index (κ1) is 19.6. The van der Waals surface area contributed by atoms with E-state index in [4.69, 9.17) is 4.74 Å². The largest absolute Gasteiger partial charge is 0.496 e. The van der Waals surface area contributed by atoms with E-state index in [-0.39, 0.29) is 5.91 Å². The van der Waals surface area contributed by atoms with Gasteiger partial charge in [-0.25, -0.2) is 14.1 Å². The topological polar surface area (TPSA) is 94.8 Å². The van der Waals surface area contributed by atoms with E-state index in [2.05, 4.69) is 25.8 Å². The Morgan fingerprint density at radius 1 is 1.27 bits per heavy atom. The lowest BCUT2D eigenvalue weighted by Crippen LogP contribution is -2.12. The van der Waals surface area contributed by atoms with E-state index in [0.29, 0.717) is 40.1 Å². The summed E-state index contributed by atoms with van der Waals surface area (Å²) in [6.45, 7) is 2.55. The van der Waals surface area contributed by atoms with Crippen molar-refractivity contribution in [3.05, 3.63) is 59.2 Å². The van der Waals surface area contributed by atoms with Crippen LogP contribution in [-0.2, 0) is 6.54 Å². The summed E-state index contributed by atoms with van der Waals surface area (Å²) in [5, 5.41) is 16.5. The summed E-state index contributed by atoms with van der Waals surface area (Å²) < 4.78 is 20.6. The SMILES string of the molecule is CCn1nnnc1-c1cccc(C(=O)Nc2nc(-c3cc(F)ccc3OC)cs2)c1. The molecule has 4 aromatic rings. The van der Waals surface area contributed by atoms with Crippen molar-refractivity contribution >= 4 is 22.4 Å². The van der Waals surface area contributed by atoms with Crippen LogP contribution in [0.5, 0.6) is 5.75 Å². The zero-order valence-corrected chi connectivity index (χ0v) is 17.0. The summed E-state index contributed by atoms with van der Waals surface area (Å²) in [6.07, 6.45) is 0. The molecule has 0 aliphatic heterocycles. The minimum absolute atomic E-state index is 0.320. The van der Waals surface area contributed by atoms with Gasteiger partial charge >= 0.3 is 0 Å². The van der Waals surface area contributed by atoms with Crippen LogP contribution in [0.2, 0.25) is 0 Å². The van der Waals surface area contributed by atoms with E-state index in [1.807, 2.05) is 13.0 Å². The number of benzene rings is 2. The number of nitrogens with one attached hydrogen (secondary N) is 1. The average molecular weight is 424 g/mol. The third-order valence-corrected chi connectivity index (χ3v) is 5.13. The van der Waals surface area contributed by atoms with Gasteiger partial charge in [0.1, 0.15) is 11.6 Å². The van der Waals surface area contributed by atoms with E-state index in [9.17, 15) is 9.18 Å². The lowest BCUT2D eigenvalue weighted by atomic mass is 10.1. The summed E-state index contributed by atoms with van der Waals surface area (Å²) in [5.74, 6) is 0.373. The van der Waals surface area contributed by atoms with Crippen LogP contribution < -0.4 is 10.1 Å². The van der Waals surface area contributed by atoms with Crippen LogP contribution in [0.4, 0.5) is 9.52 Å². The van der Waals surface area contributed by atoms with Gasteiger partial charge in [0.15, 0.2) is 11.0 Å². The second-order valence-corrected chi connectivity index (χ2v) is 7.09. The monoisotopic (exact) mass is 424 g/mol.